The van der Waals surface area contributed by atoms with Crippen LogP contribution in [-0.4, -0.2) is 5.11 Å². The molecule has 0 unspecified atom stereocenters. The Balaban J connectivity index is 1.32. The van der Waals surface area contributed by atoms with Gasteiger partial charge in [-0.2, -0.15) is 0 Å². The Kier molecular flexibility index (Phi) is 6.12. The molecule has 0 saturated heterocycles. The van der Waals surface area contributed by atoms with Crippen LogP contribution >= 0.6 is 0 Å². The van der Waals surface area contributed by atoms with Crippen LogP contribution in [0, 0.1) is 10.8 Å². The molecule has 0 aliphatic heterocycles. The van der Waals surface area contributed by atoms with E-state index < -0.39 is 0 Å². The molecular formula is C24H38O. The number of hydrogen-bond donors (Lipinski definition) is 1. The second-order valence-corrected chi connectivity index (χ2v) is 9.40. The molecule has 0 spiro atoms. The van der Waals surface area contributed by atoms with Gasteiger partial charge in [-0.05, 0) is 92.2 Å². The topological polar surface area (TPSA) is 20.2 Å². The average molecular weight is 343 g/mol. The summed E-state index contributed by atoms with van der Waals surface area (Å²) in [4.78, 5) is 0. The predicted octanol–water partition coefficient (Wildman–Crippen LogP) is 7.20. The van der Waals surface area contributed by atoms with E-state index in [2.05, 4.69) is 26.0 Å². The molecule has 2 fully saturated rings. The second kappa shape index (κ2) is 8.14. The van der Waals surface area contributed by atoms with E-state index in [9.17, 15) is 5.11 Å². The van der Waals surface area contributed by atoms with E-state index in [0.717, 1.165) is 23.8 Å². The molecule has 25 heavy (non-hydrogen) atoms. The lowest BCUT2D eigenvalue weighted by molar-refractivity contribution is 0.421. The number of phenolic OH excluding ortho intramolecular Hbond substituents is 1. The second-order valence-electron chi connectivity index (χ2n) is 9.40. The molecule has 0 radical (unpaired) electrons. The lowest BCUT2D eigenvalue weighted by Gasteiger charge is -2.12. The van der Waals surface area contributed by atoms with E-state index in [0.29, 0.717) is 11.2 Å². The van der Waals surface area contributed by atoms with E-state index >= 15 is 0 Å². The van der Waals surface area contributed by atoms with Crippen LogP contribution in [0.4, 0.5) is 0 Å². The Morgan fingerprint density at radius 2 is 1.60 bits per heavy atom. The van der Waals surface area contributed by atoms with E-state index in [4.69, 9.17) is 0 Å². The van der Waals surface area contributed by atoms with Gasteiger partial charge in [-0.3, -0.25) is 0 Å². The maximum absolute atomic E-state index is 10.3. The molecule has 0 amide bonds. The van der Waals surface area contributed by atoms with Crippen molar-refractivity contribution in [2.75, 3.05) is 0 Å². The van der Waals surface area contributed by atoms with Gasteiger partial charge in [0, 0.05) is 0 Å². The minimum absolute atomic E-state index is 0.527. The Bertz CT molecular complexity index is 551. The number of benzene rings is 1. The Morgan fingerprint density at radius 1 is 0.880 bits per heavy atom. The largest absolute Gasteiger partial charge is 0.508 e. The summed E-state index contributed by atoms with van der Waals surface area (Å²) in [7, 11) is 0. The number of hydrogen-bond acceptors (Lipinski definition) is 1. The van der Waals surface area contributed by atoms with Crippen molar-refractivity contribution in [3.8, 4) is 5.75 Å². The van der Waals surface area contributed by atoms with Gasteiger partial charge in [-0.15, -0.1) is 0 Å². The number of aromatic hydroxyl groups is 1. The maximum Gasteiger partial charge on any atom is 0.119 e. The Morgan fingerprint density at radius 3 is 2.24 bits per heavy atom. The van der Waals surface area contributed by atoms with Gasteiger partial charge in [0.15, 0.2) is 0 Å². The predicted molar refractivity (Wildman–Crippen MR) is 107 cm³/mol. The average Bonchev–Trinajstić information content (AvgIpc) is 3.52. The summed E-state index contributed by atoms with van der Waals surface area (Å²) in [6.45, 7) is 4.76. The SMILES string of the molecule is CCC1(CCCCCc2ccc(CCCCC3(C)CC3)cc2O)CC1. The molecule has 140 valence electrons. The van der Waals surface area contributed by atoms with Crippen molar-refractivity contribution in [2.24, 2.45) is 10.8 Å². The first-order valence-electron chi connectivity index (χ1n) is 10.9. The van der Waals surface area contributed by atoms with Crippen LogP contribution in [0.5, 0.6) is 5.75 Å². The fraction of sp³-hybridized carbons (Fsp3) is 0.750. The van der Waals surface area contributed by atoms with Gasteiger partial charge in [-0.25, -0.2) is 0 Å². The van der Waals surface area contributed by atoms with E-state index in [1.807, 2.05) is 6.07 Å². The minimum Gasteiger partial charge on any atom is -0.508 e. The van der Waals surface area contributed by atoms with Crippen molar-refractivity contribution in [3.05, 3.63) is 29.3 Å². The summed E-state index contributed by atoms with van der Waals surface area (Å²) in [5.41, 5.74) is 3.87. The molecule has 0 bridgehead atoms. The lowest BCUT2D eigenvalue weighted by atomic mass is 9.94. The van der Waals surface area contributed by atoms with Crippen molar-refractivity contribution < 1.29 is 5.11 Å². The zero-order chi connectivity index (χ0) is 17.8. The zero-order valence-electron chi connectivity index (χ0n) is 16.6. The quantitative estimate of drug-likeness (QED) is 0.398. The van der Waals surface area contributed by atoms with Gasteiger partial charge < -0.3 is 5.11 Å². The summed E-state index contributed by atoms with van der Waals surface area (Å²) in [6.07, 6.45) is 18.6. The molecule has 0 heterocycles. The molecule has 1 N–H and O–H groups in total. The van der Waals surface area contributed by atoms with Gasteiger partial charge in [0.05, 0.1) is 0 Å². The fourth-order valence-electron chi connectivity index (χ4n) is 4.27. The first kappa shape index (κ1) is 18.8. The van der Waals surface area contributed by atoms with Crippen LogP contribution in [0.25, 0.3) is 0 Å². The third-order valence-corrected chi connectivity index (χ3v) is 7.11. The van der Waals surface area contributed by atoms with Crippen LogP contribution in [0.1, 0.15) is 102 Å². The first-order valence-corrected chi connectivity index (χ1v) is 10.9. The smallest absolute Gasteiger partial charge is 0.119 e. The van der Waals surface area contributed by atoms with Crippen molar-refractivity contribution in [3.63, 3.8) is 0 Å². The Labute approximate surface area is 155 Å². The molecule has 2 aliphatic rings. The Hall–Kier alpha value is -0.980. The van der Waals surface area contributed by atoms with Crippen LogP contribution in [-0.2, 0) is 12.8 Å². The molecule has 3 rings (SSSR count). The molecule has 1 nitrogen and oxygen atoms in total. The van der Waals surface area contributed by atoms with Gasteiger partial charge in [0.1, 0.15) is 5.75 Å². The molecule has 2 saturated carbocycles. The van der Waals surface area contributed by atoms with E-state index in [-0.39, 0.29) is 0 Å². The number of rotatable bonds is 12. The molecular weight excluding hydrogens is 304 g/mol. The lowest BCUT2D eigenvalue weighted by Crippen LogP contribution is -1.98. The normalized spacial score (nSPS) is 19.8. The fourth-order valence-corrected chi connectivity index (χ4v) is 4.27. The minimum atomic E-state index is 0.527. The summed E-state index contributed by atoms with van der Waals surface area (Å²) < 4.78 is 0. The summed E-state index contributed by atoms with van der Waals surface area (Å²) in [5.74, 6) is 0.527. The molecule has 1 aromatic rings. The highest BCUT2D eigenvalue weighted by Crippen LogP contribution is 2.52. The van der Waals surface area contributed by atoms with Crippen LogP contribution in [0.2, 0.25) is 0 Å². The van der Waals surface area contributed by atoms with Gasteiger partial charge in [0.2, 0.25) is 0 Å². The summed E-state index contributed by atoms with van der Waals surface area (Å²) in [6, 6.07) is 6.43. The molecule has 1 heteroatoms. The summed E-state index contributed by atoms with van der Waals surface area (Å²) in [5, 5.41) is 10.3. The first-order chi connectivity index (χ1) is 12.0. The van der Waals surface area contributed by atoms with Crippen LogP contribution < -0.4 is 0 Å². The highest BCUT2D eigenvalue weighted by molar-refractivity contribution is 5.36. The van der Waals surface area contributed by atoms with Crippen molar-refractivity contribution in [1.82, 2.24) is 0 Å². The molecule has 0 atom stereocenters. The van der Waals surface area contributed by atoms with E-state index in [1.165, 1.54) is 82.6 Å². The number of unbranched alkanes of at least 4 members (excludes halogenated alkanes) is 3. The number of phenols is 1. The maximum atomic E-state index is 10.3. The van der Waals surface area contributed by atoms with Crippen LogP contribution in [0.15, 0.2) is 18.2 Å². The summed E-state index contributed by atoms with van der Waals surface area (Å²) >= 11 is 0. The van der Waals surface area contributed by atoms with Crippen LogP contribution in [0.3, 0.4) is 0 Å². The monoisotopic (exact) mass is 342 g/mol. The van der Waals surface area contributed by atoms with Crippen molar-refractivity contribution in [1.29, 1.82) is 0 Å². The molecule has 0 aromatic heterocycles. The van der Waals surface area contributed by atoms with Gasteiger partial charge in [0.25, 0.3) is 0 Å². The van der Waals surface area contributed by atoms with E-state index in [1.54, 1.807) is 0 Å². The zero-order valence-corrected chi connectivity index (χ0v) is 16.6. The standard InChI is InChI=1S/C24H38O/c1-3-24(17-18-24)14-7-4-5-10-21-12-11-20(19-22(21)25)9-6-8-13-23(2)15-16-23/h11-12,19,25H,3-10,13-18H2,1-2H3. The molecule has 2 aliphatic carbocycles. The molecule has 1 aromatic carbocycles. The van der Waals surface area contributed by atoms with Crippen molar-refractivity contribution >= 4 is 0 Å². The highest BCUT2D eigenvalue weighted by atomic mass is 16.3. The number of aryl methyl sites for hydroxylation is 2. The van der Waals surface area contributed by atoms with Crippen molar-refractivity contribution in [2.45, 2.75) is 104 Å². The third kappa shape index (κ3) is 5.76. The third-order valence-electron chi connectivity index (χ3n) is 7.11. The van der Waals surface area contributed by atoms with Gasteiger partial charge in [-0.1, -0.05) is 51.7 Å². The van der Waals surface area contributed by atoms with Gasteiger partial charge >= 0.3 is 0 Å². The highest BCUT2D eigenvalue weighted by Gasteiger charge is 2.39.